The lowest BCUT2D eigenvalue weighted by Crippen LogP contribution is -2.12. The monoisotopic (exact) mass is 295 g/mol. The summed E-state index contributed by atoms with van der Waals surface area (Å²) in [5, 5.41) is 0.408. The molecule has 4 nitrogen and oxygen atoms in total. The largest absolute Gasteiger partial charge is 0.494 e. The lowest BCUT2D eigenvalue weighted by molar-refractivity contribution is 0.0920. The van der Waals surface area contributed by atoms with Gasteiger partial charge < -0.3 is 9.47 Å². The Morgan fingerprint density at radius 3 is 2.80 bits per heavy atom. The Bertz CT molecular complexity index is 634. The smallest absolute Gasteiger partial charge is 0.200 e. The molecule has 0 radical (unpaired) electrons. The molecule has 0 bridgehead atoms. The first-order valence-corrected chi connectivity index (χ1v) is 6.08. The first kappa shape index (κ1) is 14.3. The average molecular weight is 296 g/mol. The number of hydrogen-bond acceptors (Lipinski definition) is 4. The van der Waals surface area contributed by atoms with E-state index < -0.39 is 5.82 Å². The summed E-state index contributed by atoms with van der Waals surface area (Å²) in [7, 11) is 1.36. The van der Waals surface area contributed by atoms with Crippen LogP contribution in [0.2, 0.25) is 5.02 Å². The molecule has 0 spiro atoms. The first-order valence-electron chi connectivity index (χ1n) is 5.70. The van der Waals surface area contributed by atoms with Crippen molar-refractivity contribution in [2.75, 3.05) is 13.7 Å². The van der Waals surface area contributed by atoms with Gasteiger partial charge in [-0.25, -0.2) is 4.39 Å². The van der Waals surface area contributed by atoms with Crippen molar-refractivity contribution >= 4 is 17.4 Å². The number of Topliss-reactive ketones (excluding diaryl/α,β-unsaturated/α-hetero) is 1. The summed E-state index contributed by atoms with van der Waals surface area (Å²) >= 11 is 5.74. The van der Waals surface area contributed by atoms with Gasteiger partial charge in [0.15, 0.2) is 24.0 Å². The Hall–Kier alpha value is -2.14. The number of halogens is 2. The van der Waals surface area contributed by atoms with Crippen molar-refractivity contribution in [3.05, 3.63) is 53.1 Å². The minimum Gasteiger partial charge on any atom is -0.494 e. The molecule has 0 N–H and O–H groups in total. The van der Waals surface area contributed by atoms with Crippen LogP contribution in [0.4, 0.5) is 4.39 Å². The van der Waals surface area contributed by atoms with E-state index in [1.165, 1.54) is 37.7 Å². The van der Waals surface area contributed by atoms with E-state index >= 15 is 0 Å². The molecule has 104 valence electrons. The molecule has 0 saturated carbocycles. The Morgan fingerprint density at radius 1 is 1.35 bits per heavy atom. The van der Waals surface area contributed by atoms with Crippen molar-refractivity contribution in [2.24, 2.45) is 0 Å². The van der Waals surface area contributed by atoms with Crippen molar-refractivity contribution in [1.82, 2.24) is 4.98 Å². The standard InChI is InChI=1S/C14H11ClFNO3/c1-19-14-3-2-9(4-12(14)16)13(18)8-20-11-5-10(15)6-17-7-11/h2-7H,8H2,1H3. The molecule has 1 aromatic heterocycles. The Balaban J connectivity index is 2.03. The zero-order chi connectivity index (χ0) is 14.5. The fourth-order valence-electron chi connectivity index (χ4n) is 1.54. The van der Waals surface area contributed by atoms with E-state index in [0.29, 0.717) is 10.8 Å². The van der Waals surface area contributed by atoms with Gasteiger partial charge in [0.1, 0.15) is 5.75 Å². The van der Waals surface area contributed by atoms with Crippen LogP contribution in [0.15, 0.2) is 36.7 Å². The van der Waals surface area contributed by atoms with Crippen LogP contribution in [-0.4, -0.2) is 24.5 Å². The van der Waals surface area contributed by atoms with Crippen LogP contribution in [-0.2, 0) is 0 Å². The summed E-state index contributed by atoms with van der Waals surface area (Å²) in [6.45, 7) is -0.228. The summed E-state index contributed by atoms with van der Waals surface area (Å²) in [6.07, 6.45) is 2.89. The third-order valence-corrected chi connectivity index (χ3v) is 2.73. The van der Waals surface area contributed by atoms with Gasteiger partial charge in [-0.2, -0.15) is 0 Å². The van der Waals surface area contributed by atoms with E-state index in [1.54, 1.807) is 0 Å². The number of nitrogens with zero attached hydrogens (tertiary/aromatic N) is 1. The molecule has 2 rings (SSSR count). The maximum absolute atomic E-state index is 13.5. The normalized spacial score (nSPS) is 10.2. The van der Waals surface area contributed by atoms with Crippen molar-refractivity contribution in [1.29, 1.82) is 0 Å². The van der Waals surface area contributed by atoms with Crippen LogP contribution in [0.1, 0.15) is 10.4 Å². The summed E-state index contributed by atoms with van der Waals surface area (Å²) in [5.41, 5.74) is 0.207. The van der Waals surface area contributed by atoms with Gasteiger partial charge in [-0.1, -0.05) is 11.6 Å². The third-order valence-electron chi connectivity index (χ3n) is 2.52. The highest BCUT2D eigenvalue weighted by atomic mass is 35.5. The highest BCUT2D eigenvalue weighted by Gasteiger charge is 2.11. The fraction of sp³-hybridized carbons (Fsp3) is 0.143. The quantitative estimate of drug-likeness (QED) is 0.795. The summed E-state index contributed by atoms with van der Waals surface area (Å²) in [4.78, 5) is 15.7. The predicted octanol–water partition coefficient (Wildman–Crippen LogP) is 3.14. The molecule has 0 amide bonds. The molecule has 20 heavy (non-hydrogen) atoms. The molecule has 0 aliphatic rings. The molecule has 6 heteroatoms. The van der Waals surface area contributed by atoms with E-state index in [1.807, 2.05) is 0 Å². The van der Waals surface area contributed by atoms with Crippen LogP contribution in [0.5, 0.6) is 11.5 Å². The molecule has 0 aliphatic carbocycles. The first-order chi connectivity index (χ1) is 9.60. The zero-order valence-electron chi connectivity index (χ0n) is 10.6. The lowest BCUT2D eigenvalue weighted by atomic mass is 10.1. The molecule has 0 unspecified atom stereocenters. The number of methoxy groups -OCH3 is 1. The Labute approximate surface area is 120 Å². The van der Waals surface area contributed by atoms with Gasteiger partial charge in [-0.15, -0.1) is 0 Å². The van der Waals surface area contributed by atoms with Crippen LogP contribution in [0.25, 0.3) is 0 Å². The maximum atomic E-state index is 13.5. The summed E-state index contributed by atoms with van der Waals surface area (Å²) in [5.74, 6) is -0.490. The number of benzene rings is 1. The number of hydrogen-bond donors (Lipinski definition) is 0. The van der Waals surface area contributed by atoms with E-state index in [4.69, 9.17) is 21.1 Å². The number of rotatable bonds is 5. The molecule has 0 atom stereocenters. The van der Waals surface area contributed by atoms with Crippen LogP contribution in [0.3, 0.4) is 0 Å². The van der Waals surface area contributed by atoms with E-state index in [0.717, 1.165) is 6.07 Å². The number of ether oxygens (including phenoxy) is 2. The van der Waals surface area contributed by atoms with Gasteiger partial charge in [0.05, 0.1) is 18.3 Å². The molecule has 1 aromatic carbocycles. The molecule has 2 aromatic rings. The van der Waals surface area contributed by atoms with E-state index in [2.05, 4.69) is 4.98 Å². The SMILES string of the molecule is COc1ccc(C(=O)COc2cncc(Cl)c2)cc1F. The maximum Gasteiger partial charge on any atom is 0.200 e. The predicted molar refractivity (Wildman–Crippen MR) is 72.0 cm³/mol. The van der Waals surface area contributed by atoms with Crippen molar-refractivity contribution < 1.29 is 18.7 Å². The lowest BCUT2D eigenvalue weighted by Gasteiger charge is -2.07. The molecule has 0 saturated heterocycles. The van der Waals surface area contributed by atoms with Crippen molar-refractivity contribution in [3.8, 4) is 11.5 Å². The van der Waals surface area contributed by atoms with Gasteiger partial charge in [0, 0.05) is 17.8 Å². The molecule has 0 fully saturated rings. The minimum atomic E-state index is -0.595. The van der Waals surface area contributed by atoms with Crippen LogP contribution >= 0.6 is 11.6 Å². The minimum absolute atomic E-state index is 0.0847. The van der Waals surface area contributed by atoms with Crippen molar-refractivity contribution in [2.45, 2.75) is 0 Å². The van der Waals surface area contributed by atoms with E-state index in [-0.39, 0.29) is 23.7 Å². The van der Waals surface area contributed by atoms with E-state index in [9.17, 15) is 9.18 Å². The van der Waals surface area contributed by atoms with Gasteiger partial charge in [-0.3, -0.25) is 9.78 Å². The topological polar surface area (TPSA) is 48.4 Å². The number of ketones is 1. The Kier molecular flexibility index (Phi) is 4.53. The van der Waals surface area contributed by atoms with Crippen molar-refractivity contribution in [3.63, 3.8) is 0 Å². The number of carbonyl (C=O) groups is 1. The Morgan fingerprint density at radius 2 is 2.15 bits per heavy atom. The average Bonchev–Trinajstić information content (AvgIpc) is 2.44. The van der Waals surface area contributed by atoms with Crippen LogP contribution < -0.4 is 9.47 Å². The number of aromatic nitrogens is 1. The van der Waals surface area contributed by atoms with Gasteiger partial charge in [0.25, 0.3) is 0 Å². The second-order valence-corrected chi connectivity index (χ2v) is 4.34. The molecule has 1 heterocycles. The van der Waals surface area contributed by atoms with Gasteiger partial charge in [-0.05, 0) is 18.2 Å². The number of carbonyl (C=O) groups excluding carboxylic acids is 1. The highest BCUT2D eigenvalue weighted by Crippen LogP contribution is 2.19. The van der Waals surface area contributed by atoms with Crippen LogP contribution in [0, 0.1) is 5.82 Å². The molecular weight excluding hydrogens is 285 g/mol. The van der Waals surface area contributed by atoms with Gasteiger partial charge >= 0.3 is 0 Å². The van der Waals surface area contributed by atoms with Gasteiger partial charge in [0.2, 0.25) is 0 Å². The zero-order valence-corrected chi connectivity index (χ0v) is 11.4. The summed E-state index contributed by atoms with van der Waals surface area (Å²) in [6, 6.07) is 5.52. The second kappa shape index (κ2) is 6.34. The fourth-order valence-corrected chi connectivity index (χ4v) is 1.71. The second-order valence-electron chi connectivity index (χ2n) is 3.90. The molecular formula is C14H11ClFNO3. The molecule has 0 aliphatic heterocycles. The highest BCUT2D eigenvalue weighted by molar-refractivity contribution is 6.30. The number of pyridine rings is 1. The summed E-state index contributed by atoms with van der Waals surface area (Å²) < 4.78 is 23.5. The third kappa shape index (κ3) is 3.45.